The minimum absolute atomic E-state index is 0.00675. The van der Waals surface area contributed by atoms with Crippen LogP contribution in [0.4, 0.5) is 0 Å². The third kappa shape index (κ3) is 7.76. The molecule has 0 radical (unpaired) electrons. The summed E-state index contributed by atoms with van der Waals surface area (Å²) in [5.41, 5.74) is 0.341. The standard InChI is InChI=1S/C11H18O4/c1-4-14-7-8-15-10(3)6-5-9(2)11(12)13/h4-5,10H,1,6-8H2,2-3H3,(H,12,13). The van der Waals surface area contributed by atoms with Crippen molar-refractivity contribution in [2.45, 2.75) is 26.4 Å². The fourth-order valence-corrected chi connectivity index (χ4v) is 0.879. The molecule has 1 N–H and O–H groups in total. The summed E-state index contributed by atoms with van der Waals surface area (Å²) in [7, 11) is 0. The van der Waals surface area contributed by atoms with Crippen LogP contribution < -0.4 is 0 Å². The van der Waals surface area contributed by atoms with Crippen LogP contribution in [0.1, 0.15) is 20.3 Å². The first-order valence-electron chi connectivity index (χ1n) is 4.82. The fourth-order valence-electron chi connectivity index (χ4n) is 0.879. The fraction of sp³-hybridized carbons (Fsp3) is 0.545. The van der Waals surface area contributed by atoms with Gasteiger partial charge in [0, 0.05) is 5.57 Å². The highest BCUT2D eigenvalue weighted by atomic mass is 16.5. The van der Waals surface area contributed by atoms with E-state index in [-0.39, 0.29) is 6.10 Å². The largest absolute Gasteiger partial charge is 0.499 e. The van der Waals surface area contributed by atoms with Gasteiger partial charge in [0.25, 0.3) is 0 Å². The molecule has 0 rings (SSSR count). The smallest absolute Gasteiger partial charge is 0.330 e. The van der Waals surface area contributed by atoms with Gasteiger partial charge in [0.1, 0.15) is 6.61 Å². The molecule has 1 atom stereocenters. The van der Waals surface area contributed by atoms with Crippen LogP contribution >= 0.6 is 0 Å². The summed E-state index contributed by atoms with van der Waals surface area (Å²) in [6.07, 6.45) is 3.60. The highest BCUT2D eigenvalue weighted by Gasteiger charge is 2.03. The molecule has 0 aromatic carbocycles. The SMILES string of the molecule is C=COCCOC(C)CC=C(C)C(=O)O. The van der Waals surface area contributed by atoms with Gasteiger partial charge in [-0.15, -0.1) is 0 Å². The zero-order chi connectivity index (χ0) is 11.7. The summed E-state index contributed by atoms with van der Waals surface area (Å²) < 4.78 is 10.2. The molecule has 0 fully saturated rings. The Hall–Kier alpha value is -1.29. The lowest BCUT2D eigenvalue weighted by molar-refractivity contribution is -0.132. The summed E-state index contributed by atoms with van der Waals surface area (Å²) in [6, 6.07) is 0. The lowest BCUT2D eigenvalue weighted by Gasteiger charge is -2.10. The van der Waals surface area contributed by atoms with Crippen LogP contribution in [-0.2, 0) is 14.3 Å². The Labute approximate surface area is 90.2 Å². The number of ether oxygens (including phenoxy) is 2. The van der Waals surface area contributed by atoms with Crippen LogP contribution in [0, 0.1) is 0 Å². The maximum absolute atomic E-state index is 10.5. The Bertz CT molecular complexity index is 233. The van der Waals surface area contributed by atoms with Gasteiger partial charge in [-0.1, -0.05) is 12.7 Å². The van der Waals surface area contributed by atoms with Crippen molar-refractivity contribution in [3.8, 4) is 0 Å². The van der Waals surface area contributed by atoms with Gasteiger partial charge >= 0.3 is 5.97 Å². The molecular formula is C11H18O4. The summed E-state index contributed by atoms with van der Waals surface area (Å²) in [6.45, 7) is 7.80. The molecule has 0 heterocycles. The van der Waals surface area contributed by atoms with Crippen molar-refractivity contribution < 1.29 is 19.4 Å². The van der Waals surface area contributed by atoms with E-state index in [1.807, 2.05) is 6.92 Å². The van der Waals surface area contributed by atoms with Gasteiger partial charge in [-0.25, -0.2) is 4.79 Å². The topological polar surface area (TPSA) is 55.8 Å². The molecule has 1 unspecified atom stereocenters. The van der Waals surface area contributed by atoms with Crippen molar-refractivity contribution in [2.75, 3.05) is 13.2 Å². The zero-order valence-electron chi connectivity index (χ0n) is 9.23. The molecule has 0 bridgehead atoms. The van der Waals surface area contributed by atoms with E-state index in [2.05, 4.69) is 6.58 Å². The molecule has 15 heavy (non-hydrogen) atoms. The molecule has 0 aliphatic rings. The molecule has 4 nitrogen and oxygen atoms in total. The monoisotopic (exact) mass is 214 g/mol. The highest BCUT2D eigenvalue weighted by Crippen LogP contribution is 2.02. The molecule has 0 saturated carbocycles. The lowest BCUT2D eigenvalue weighted by Crippen LogP contribution is -2.11. The van der Waals surface area contributed by atoms with Crippen molar-refractivity contribution in [2.24, 2.45) is 0 Å². The predicted molar refractivity (Wildman–Crippen MR) is 57.6 cm³/mol. The second-order valence-electron chi connectivity index (χ2n) is 3.15. The maximum Gasteiger partial charge on any atom is 0.330 e. The average Bonchev–Trinajstić information content (AvgIpc) is 2.20. The predicted octanol–water partition coefficient (Wildman–Crippen LogP) is 1.97. The van der Waals surface area contributed by atoms with E-state index in [4.69, 9.17) is 14.6 Å². The number of hydrogen-bond acceptors (Lipinski definition) is 3. The second-order valence-corrected chi connectivity index (χ2v) is 3.15. The van der Waals surface area contributed by atoms with Crippen molar-refractivity contribution in [1.82, 2.24) is 0 Å². The van der Waals surface area contributed by atoms with Crippen LogP contribution in [0.15, 0.2) is 24.5 Å². The van der Waals surface area contributed by atoms with Crippen LogP contribution in [-0.4, -0.2) is 30.4 Å². The molecule has 0 aliphatic carbocycles. The first kappa shape index (κ1) is 13.7. The highest BCUT2D eigenvalue weighted by molar-refractivity contribution is 5.85. The second kappa shape index (κ2) is 8.05. The summed E-state index contributed by atoms with van der Waals surface area (Å²) in [4.78, 5) is 10.5. The molecule has 0 spiro atoms. The third-order valence-electron chi connectivity index (χ3n) is 1.81. The van der Waals surface area contributed by atoms with Gasteiger partial charge in [0.05, 0.1) is 19.0 Å². The van der Waals surface area contributed by atoms with Gasteiger partial charge in [-0.3, -0.25) is 0 Å². The summed E-state index contributed by atoms with van der Waals surface area (Å²) in [5, 5.41) is 8.60. The molecule has 0 amide bonds. The lowest BCUT2D eigenvalue weighted by atomic mass is 10.2. The number of carboxylic acid groups (broad SMARTS) is 1. The minimum atomic E-state index is -0.891. The first-order chi connectivity index (χ1) is 7.07. The van der Waals surface area contributed by atoms with E-state index in [0.717, 1.165) is 0 Å². The van der Waals surface area contributed by atoms with Crippen molar-refractivity contribution in [3.05, 3.63) is 24.5 Å². The van der Waals surface area contributed by atoms with E-state index in [0.29, 0.717) is 25.2 Å². The molecule has 86 valence electrons. The minimum Gasteiger partial charge on any atom is -0.499 e. The van der Waals surface area contributed by atoms with Gasteiger partial charge < -0.3 is 14.6 Å². The van der Waals surface area contributed by atoms with E-state index in [1.54, 1.807) is 13.0 Å². The molecule has 0 aromatic rings. The number of carbonyl (C=O) groups is 1. The molecular weight excluding hydrogens is 196 g/mol. The summed E-state index contributed by atoms with van der Waals surface area (Å²) in [5.74, 6) is -0.891. The summed E-state index contributed by atoms with van der Waals surface area (Å²) >= 11 is 0. The Morgan fingerprint density at radius 3 is 2.73 bits per heavy atom. The third-order valence-corrected chi connectivity index (χ3v) is 1.81. The Morgan fingerprint density at radius 2 is 2.20 bits per heavy atom. The van der Waals surface area contributed by atoms with Crippen LogP contribution in [0.3, 0.4) is 0 Å². The van der Waals surface area contributed by atoms with Crippen molar-refractivity contribution in [1.29, 1.82) is 0 Å². The number of aliphatic carboxylic acids is 1. The molecule has 0 aromatic heterocycles. The van der Waals surface area contributed by atoms with Crippen LogP contribution in [0.25, 0.3) is 0 Å². The van der Waals surface area contributed by atoms with E-state index in [1.165, 1.54) is 6.26 Å². The number of hydrogen-bond donors (Lipinski definition) is 1. The number of carboxylic acids is 1. The van der Waals surface area contributed by atoms with Crippen molar-refractivity contribution in [3.63, 3.8) is 0 Å². The Morgan fingerprint density at radius 1 is 1.53 bits per heavy atom. The van der Waals surface area contributed by atoms with Crippen molar-refractivity contribution >= 4 is 5.97 Å². The Balaban J connectivity index is 3.65. The molecule has 4 heteroatoms. The van der Waals surface area contributed by atoms with Gasteiger partial charge in [-0.2, -0.15) is 0 Å². The normalized spacial score (nSPS) is 13.3. The quantitative estimate of drug-likeness (QED) is 0.381. The first-order valence-corrected chi connectivity index (χ1v) is 4.82. The van der Waals surface area contributed by atoms with Crippen LogP contribution in [0.5, 0.6) is 0 Å². The van der Waals surface area contributed by atoms with Gasteiger partial charge in [0.2, 0.25) is 0 Å². The number of rotatable bonds is 8. The molecule has 0 aliphatic heterocycles. The van der Waals surface area contributed by atoms with E-state index in [9.17, 15) is 4.79 Å². The average molecular weight is 214 g/mol. The van der Waals surface area contributed by atoms with Gasteiger partial charge in [-0.05, 0) is 20.3 Å². The maximum atomic E-state index is 10.5. The zero-order valence-corrected chi connectivity index (χ0v) is 9.23. The van der Waals surface area contributed by atoms with Gasteiger partial charge in [0.15, 0.2) is 0 Å². The van der Waals surface area contributed by atoms with E-state index >= 15 is 0 Å². The Kier molecular flexibility index (Phi) is 7.36. The van der Waals surface area contributed by atoms with E-state index < -0.39 is 5.97 Å². The molecule has 0 saturated heterocycles. The van der Waals surface area contributed by atoms with Crippen LogP contribution in [0.2, 0.25) is 0 Å².